The number of ether oxygens (including phenoxy) is 1. The number of aliphatic imine (C=N–C) groups is 1. The van der Waals surface area contributed by atoms with Crippen molar-refractivity contribution in [1.29, 1.82) is 0 Å². The third-order valence-electron chi connectivity index (χ3n) is 6.15. The van der Waals surface area contributed by atoms with Gasteiger partial charge in [0.1, 0.15) is 0 Å². The number of hydrogen-bond donors (Lipinski definition) is 0. The quantitative estimate of drug-likeness (QED) is 0.189. The minimum absolute atomic E-state index is 0.355. The van der Waals surface area contributed by atoms with Crippen molar-refractivity contribution in [3.05, 3.63) is 132 Å². The zero-order chi connectivity index (χ0) is 24.9. The van der Waals surface area contributed by atoms with Gasteiger partial charge in [0.05, 0.1) is 29.7 Å². The van der Waals surface area contributed by atoms with Gasteiger partial charge in [-0.05, 0) is 60.0 Å². The number of aromatic nitrogens is 1. The number of carbonyl (C=O) groups excluding carboxylic acids is 1. The van der Waals surface area contributed by atoms with Crippen LogP contribution in [0.5, 0.6) is 0 Å². The van der Waals surface area contributed by atoms with Crippen molar-refractivity contribution < 1.29 is 9.53 Å². The molecule has 4 heteroatoms. The van der Waals surface area contributed by atoms with E-state index in [0.717, 1.165) is 45.0 Å². The Labute approximate surface area is 211 Å². The SMILES string of the molecule is COC(=O)c1ccc(-n2c(-c3ccccc3)cc(C=Nc3ccccc3C)c2-c2ccccc2)cc1. The third-order valence-corrected chi connectivity index (χ3v) is 6.15. The molecule has 1 aromatic heterocycles. The molecular weight excluding hydrogens is 444 g/mol. The van der Waals surface area contributed by atoms with Crippen molar-refractivity contribution in [1.82, 2.24) is 4.57 Å². The topological polar surface area (TPSA) is 43.6 Å². The van der Waals surface area contributed by atoms with E-state index in [4.69, 9.17) is 9.73 Å². The van der Waals surface area contributed by atoms with Gasteiger partial charge in [0.2, 0.25) is 0 Å². The fourth-order valence-electron chi connectivity index (χ4n) is 4.32. The van der Waals surface area contributed by atoms with Crippen LogP contribution in [0.4, 0.5) is 5.69 Å². The number of para-hydroxylation sites is 1. The largest absolute Gasteiger partial charge is 0.465 e. The highest BCUT2D eigenvalue weighted by atomic mass is 16.5. The minimum Gasteiger partial charge on any atom is -0.465 e. The Bertz CT molecular complexity index is 1520. The summed E-state index contributed by atoms with van der Waals surface area (Å²) in [5, 5.41) is 0. The van der Waals surface area contributed by atoms with Crippen LogP contribution in [0.25, 0.3) is 28.2 Å². The van der Waals surface area contributed by atoms with Crippen LogP contribution < -0.4 is 0 Å². The molecule has 4 nitrogen and oxygen atoms in total. The van der Waals surface area contributed by atoms with E-state index in [1.165, 1.54) is 7.11 Å². The molecule has 0 bridgehead atoms. The first-order chi connectivity index (χ1) is 17.7. The molecule has 36 heavy (non-hydrogen) atoms. The molecule has 0 amide bonds. The molecule has 0 atom stereocenters. The Balaban J connectivity index is 1.76. The molecule has 0 N–H and O–H groups in total. The summed E-state index contributed by atoms with van der Waals surface area (Å²) in [4.78, 5) is 16.9. The number of esters is 1. The van der Waals surface area contributed by atoms with E-state index in [2.05, 4.69) is 47.9 Å². The number of nitrogens with zero attached hydrogens (tertiary/aromatic N) is 2. The van der Waals surface area contributed by atoms with Gasteiger partial charge >= 0.3 is 5.97 Å². The lowest BCUT2D eigenvalue weighted by Crippen LogP contribution is -2.03. The summed E-state index contributed by atoms with van der Waals surface area (Å²) in [6.07, 6.45) is 1.94. The molecule has 0 aliphatic heterocycles. The molecule has 0 saturated heterocycles. The van der Waals surface area contributed by atoms with E-state index in [1.807, 2.05) is 72.9 Å². The van der Waals surface area contributed by atoms with Crippen LogP contribution in [0.2, 0.25) is 0 Å². The summed E-state index contributed by atoms with van der Waals surface area (Å²) in [6, 6.07) is 38.4. The number of carbonyl (C=O) groups is 1. The highest BCUT2D eigenvalue weighted by Crippen LogP contribution is 2.36. The van der Waals surface area contributed by atoms with Crippen molar-refractivity contribution in [2.75, 3.05) is 7.11 Å². The van der Waals surface area contributed by atoms with Gasteiger partial charge in [0.15, 0.2) is 0 Å². The zero-order valence-electron chi connectivity index (χ0n) is 20.3. The average Bonchev–Trinajstić information content (AvgIpc) is 3.32. The molecular formula is C32H26N2O2. The molecule has 1 heterocycles. The number of rotatable bonds is 6. The molecule has 0 unspecified atom stereocenters. The lowest BCUT2D eigenvalue weighted by atomic mass is 10.1. The summed E-state index contributed by atoms with van der Waals surface area (Å²) in [7, 11) is 1.39. The number of methoxy groups -OCH3 is 1. The normalized spacial score (nSPS) is 11.1. The zero-order valence-corrected chi connectivity index (χ0v) is 20.3. The Kier molecular flexibility index (Phi) is 6.59. The molecule has 0 spiro atoms. The maximum atomic E-state index is 12.0. The first-order valence-electron chi connectivity index (χ1n) is 11.8. The summed E-state index contributed by atoms with van der Waals surface area (Å²) >= 11 is 0. The highest BCUT2D eigenvalue weighted by Gasteiger charge is 2.19. The fraction of sp³-hybridized carbons (Fsp3) is 0.0625. The van der Waals surface area contributed by atoms with Crippen LogP contribution in [0, 0.1) is 6.92 Å². The second kappa shape index (κ2) is 10.3. The predicted molar refractivity (Wildman–Crippen MR) is 146 cm³/mol. The first-order valence-corrected chi connectivity index (χ1v) is 11.8. The minimum atomic E-state index is -0.355. The average molecular weight is 471 g/mol. The van der Waals surface area contributed by atoms with E-state index >= 15 is 0 Å². The Morgan fingerprint density at radius 1 is 0.778 bits per heavy atom. The third kappa shape index (κ3) is 4.62. The van der Waals surface area contributed by atoms with Crippen molar-refractivity contribution in [3.8, 4) is 28.2 Å². The summed E-state index contributed by atoms with van der Waals surface area (Å²) in [5.74, 6) is -0.355. The van der Waals surface area contributed by atoms with E-state index in [0.29, 0.717) is 5.56 Å². The van der Waals surface area contributed by atoms with E-state index in [-0.39, 0.29) is 5.97 Å². The Hall–Kier alpha value is -4.70. The van der Waals surface area contributed by atoms with Gasteiger partial charge in [0.25, 0.3) is 0 Å². The van der Waals surface area contributed by atoms with Gasteiger partial charge in [-0.2, -0.15) is 0 Å². The number of benzene rings is 4. The van der Waals surface area contributed by atoms with Gasteiger partial charge < -0.3 is 9.30 Å². The Morgan fingerprint density at radius 2 is 1.39 bits per heavy atom. The smallest absolute Gasteiger partial charge is 0.337 e. The maximum Gasteiger partial charge on any atom is 0.337 e. The van der Waals surface area contributed by atoms with Crippen LogP contribution in [0.3, 0.4) is 0 Å². The second-order valence-electron chi connectivity index (χ2n) is 8.48. The van der Waals surface area contributed by atoms with Crippen LogP contribution in [0.15, 0.2) is 120 Å². The van der Waals surface area contributed by atoms with Crippen LogP contribution >= 0.6 is 0 Å². The van der Waals surface area contributed by atoms with Crippen LogP contribution in [-0.4, -0.2) is 23.9 Å². The van der Waals surface area contributed by atoms with Crippen LogP contribution in [0.1, 0.15) is 21.5 Å². The molecule has 0 saturated carbocycles. The molecule has 0 fully saturated rings. The lowest BCUT2D eigenvalue weighted by Gasteiger charge is -2.15. The molecule has 0 aliphatic rings. The molecule has 4 aromatic carbocycles. The maximum absolute atomic E-state index is 12.0. The molecule has 5 rings (SSSR count). The standard InChI is InChI=1S/C32H26N2O2/c1-23-11-9-10-16-29(23)33-22-27-21-30(24-12-5-3-6-13-24)34(31(27)25-14-7-4-8-15-25)28-19-17-26(18-20-28)32(35)36-2/h3-22H,1-2H3. The first kappa shape index (κ1) is 23.1. The van der Waals surface area contributed by atoms with Gasteiger partial charge in [0, 0.05) is 17.5 Å². The van der Waals surface area contributed by atoms with Crippen LogP contribution in [-0.2, 0) is 4.74 Å². The van der Waals surface area contributed by atoms with Crippen molar-refractivity contribution in [3.63, 3.8) is 0 Å². The molecule has 176 valence electrons. The van der Waals surface area contributed by atoms with E-state index in [1.54, 1.807) is 12.1 Å². The summed E-state index contributed by atoms with van der Waals surface area (Å²) < 4.78 is 7.12. The van der Waals surface area contributed by atoms with E-state index < -0.39 is 0 Å². The predicted octanol–water partition coefficient (Wildman–Crippen LogP) is 7.66. The fourth-order valence-corrected chi connectivity index (χ4v) is 4.32. The lowest BCUT2D eigenvalue weighted by molar-refractivity contribution is 0.0600. The van der Waals surface area contributed by atoms with Crippen molar-refractivity contribution in [2.45, 2.75) is 6.92 Å². The van der Waals surface area contributed by atoms with Gasteiger partial charge in [-0.15, -0.1) is 0 Å². The van der Waals surface area contributed by atoms with Gasteiger partial charge in [-0.25, -0.2) is 4.79 Å². The second-order valence-corrected chi connectivity index (χ2v) is 8.48. The van der Waals surface area contributed by atoms with Gasteiger partial charge in [-0.3, -0.25) is 4.99 Å². The monoisotopic (exact) mass is 470 g/mol. The summed E-state index contributed by atoms with van der Waals surface area (Å²) in [5.41, 5.74) is 8.73. The van der Waals surface area contributed by atoms with Gasteiger partial charge in [-0.1, -0.05) is 78.9 Å². The number of hydrogen-bond acceptors (Lipinski definition) is 3. The number of aryl methyl sites for hydroxylation is 1. The molecule has 0 radical (unpaired) electrons. The summed E-state index contributed by atoms with van der Waals surface area (Å²) in [6.45, 7) is 2.06. The Morgan fingerprint density at radius 3 is 2.03 bits per heavy atom. The molecule has 5 aromatic rings. The van der Waals surface area contributed by atoms with Crippen molar-refractivity contribution >= 4 is 17.9 Å². The van der Waals surface area contributed by atoms with Crippen molar-refractivity contribution in [2.24, 2.45) is 4.99 Å². The van der Waals surface area contributed by atoms with E-state index in [9.17, 15) is 4.79 Å². The molecule has 0 aliphatic carbocycles. The highest BCUT2D eigenvalue weighted by molar-refractivity contribution is 5.95.